The number of rotatable bonds is 2. The summed E-state index contributed by atoms with van der Waals surface area (Å²) in [6.07, 6.45) is 10.1. The zero-order valence-corrected chi connectivity index (χ0v) is 11.1. The van der Waals surface area contributed by atoms with Gasteiger partial charge in [-0.3, -0.25) is 0 Å². The van der Waals surface area contributed by atoms with Crippen LogP contribution in [0.5, 0.6) is 0 Å². The summed E-state index contributed by atoms with van der Waals surface area (Å²) in [6.45, 7) is 1.91. The Morgan fingerprint density at radius 2 is 1.94 bits per heavy atom. The van der Waals surface area contributed by atoms with Crippen molar-refractivity contribution < 1.29 is 0 Å². The summed E-state index contributed by atoms with van der Waals surface area (Å²) in [7, 11) is 0. The highest BCUT2D eigenvalue weighted by molar-refractivity contribution is 5.06. The average Bonchev–Trinajstić information content (AvgIpc) is 2.67. The largest absolute Gasteiger partial charge is 0.330 e. The average molecular weight is 248 g/mol. The Morgan fingerprint density at radius 1 is 1.06 bits per heavy atom. The summed E-state index contributed by atoms with van der Waals surface area (Å²) < 4.78 is 2.41. The Kier molecular flexibility index (Phi) is 3.64. The molecule has 100 valence electrons. The van der Waals surface area contributed by atoms with Crippen molar-refractivity contribution in [3.05, 3.63) is 11.6 Å². The Hall–Kier alpha value is -0.900. The Morgan fingerprint density at radius 3 is 2.83 bits per heavy atom. The van der Waals surface area contributed by atoms with Gasteiger partial charge in [-0.15, -0.1) is 10.2 Å². The van der Waals surface area contributed by atoms with Crippen molar-refractivity contribution >= 4 is 0 Å². The van der Waals surface area contributed by atoms with Gasteiger partial charge in [-0.25, -0.2) is 0 Å². The highest BCUT2D eigenvalue weighted by Gasteiger charge is 2.30. The van der Waals surface area contributed by atoms with E-state index in [9.17, 15) is 0 Å². The number of aromatic nitrogens is 3. The highest BCUT2D eigenvalue weighted by atomic mass is 15.3. The summed E-state index contributed by atoms with van der Waals surface area (Å²) in [5.74, 6) is 3.63. The molecule has 0 aromatic carbocycles. The SMILES string of the molecule is NCC1CCCCC1c1nnc2n1CCCCC2. The van der Waals surface area contributed by atoms with Crippen LogP contribution < -0.4 is 5.73 Å². The topological polar surface area (TPSA) is 56.7 Å². The fourth-order valence-corrected chi connectivity index (χ4v) is 3.61. The Labute approximate surface area is 109 Å². The lowest BCUT2D eigenvalue weighted by molar-refractivity contribution is 0.296. The minimum absolute atomic E-state index is 0.558. The van der Waals surface area contributed by atoms with E-state index in [4.69, 9.17) is 5.73 Å². The van der Waals surface area contributed by atoms with Crippen LogP contribution in [0, 0.1) is 5.92 Å². The molecule has 2 N–H and O–H groups in total. The van der Waals surface area contributed by atoms with E-state index in [-0.39, 0.29) is 0 Å². The molecule has 1 aliphatic heterocycles. The fourth-order valence-electron chi connectivity index (χ4n) is 3.61. The van der Waals surface area contributed by atoms with E-state index in [1.54, 1.807) is 0 Å². The first kappa shape index (κ1) is 12.2. The van der Waals surface area contributed by atoms with Crippen LogP contribution in [0.25, 0.3) is 0 Å². The molecule has 0 radical (unpaired) electrons. The summed E-state index contributed by atoms with van der Waals surface area (Å²) in [5, 5.41) is 8.95. The van der Waals surface area contributed by atoms with Gasteiger partial charge in [0.1, 0.15) is 11.6 Å². The maximum Gasteiger partial charge on any atom is 0.136 e. The van der Waals surface area contributed by atoms with E-state index in [2.05, 4.69) is 14.8 Å². The highest BCUT2D eigenvalue weighted by Crippen LogP contribution is 2.37. The lowest BCUT2D eigenvalue weighted by Gasteiger charge is -2.30. The first-order valence-corrected chi connectivity index (χ1v) is 7.52. The van der Waals surface area contributed by atoms with Crippen LogP contribution >= 0.6 is 0 Å². The molecule has 1 aliphatic carbocycles. The molecule has 2 atom stereocenters. The van der Waals surface area contributed by atoms with Gasteiger partial charge in [-0.05, 0) is 38.1 Å². The van der Waals surface area contributed by atoms with E-state index in [1.807, 2.05) is 0 Å². The molecule has 2 aliphatic rings. The number of hydrogen-bond donors (Lipinski definition) is 1. The molecular weight excluding hydrogens is 224 g/mol. The summed E-state index contributed by atoms with van der Waals surface area (Å²) in [5.41, 5.74) is 5.95. The predicted molar refractivity (Wildman–Crippen MR) is 71.3 cm³/mol. The molecule has 1 aromatic heterocycles. The van der Waals surface area contributed by atoms with Crippen LogP contribution in [0.15, 0.2) is 0 Å². The lowest BCUT2D eigenvalue weighted by atomic mass is 9.78. The standard InChI is InChI=1S/C14H24N4/c15-10-11-6-3-4-7-12(11)14-17-16-13-8-2-1-5-9-18(13)14/h11-12H,1-10,15H2. The van der Waals surface area contributed by atoms with Crippen LogP contribution in [0.4, 0.5) is 0 Å². The molecule has 2 unspecified atom stereocenters. The maximum absolute atomic E-state index is 5.95. The molecular formula is C14H24N4. The monoisotopic (exact) mass is 248 g/mol. The van der Waals surface area contributed by atoms with Gasteiger partial charge in [0.05, 0.1) is 0 Å². The van der Waals surface area contributed by atoms with Crippen molar-refractivity contribution in [2.75, 3.05) is 6.54 Å². The van der Waals surface area contributed by atoms with Gasteiger partial charge in [-0.1, -0.05) is 19.3 Å². The van der Waals surface area contributed by atoms with Crippen LogP contribution in [0.2, 0.25) is 0 Å². The zero-order chi connectivity index (χ0) is 12.4. The van der Waals surface area contributed by atoms with Crippen LogP contribution in [0.1, 0.15) is 62.5 Å². The third-order valence-electron chi connectivity index (χ3n) is 4.68. The minimum Gasteiger partial charge on any atom is -0.330 e. The molecule has 0 bridgehead atoms. The van der Waals surface area contributed by atoms with E-state index in [0.29, 0.717) is 11.8 Å². The second-order valence-electron chi connectivity index (χ2n) is 5.82. The molecule has 18 heavy (non-hydrogen) atoms. The van der Waals surface area contributed by atoms with Gasteiger partial charge in [0, 0.05) is 18.9 Å². The quantitative estimate of drug-likeness (QED) is 0.873. The van der Waals surface area contributed by atoms with Crippen LogP contribution in [0.3, 0.4) is 0 Å². The summed E-state index contributed by atoms with van der Waals surface area (Å²) in [6, 6.07) is 0. The lowest BCUT2D eigenvalue weighted by Crippen LogP contribution is -2.27. The van der Waals surface area contributed by atoms with Gasteiger partial charge in [0.15, 0.2) is 0 Å². The van der Waals surface area contributed by atoms with Gasteiger partial charge >= 0.3 is 0 Å². The van der Waals surface area contributed by atoms with Crippen LogP contribution in [-0.2, 0) is 13.0 Å². The smallest absolute Gasteiger partial charge is 0.136 e. The second kappa shape index (κ2) is 5.39. The molecule has 0 spiro atoms. The molecule has 3 rings (SSSR count). The number of aryl methyl sites for hydroxylation is 1. The minimum atomic E-state index is 0.558. The van der Waals surface area contributed by atoms with Gasteiger partial charge in [-0.2, -0.15) is 0 Å². The maximum atomic E-state index is 5.95. The summed E-state index contributed by atoms with van der Waals surface area (Å²) >= 11 is 0. The van der Waals surface area contributed by atoms with E-state index >= 15 is 0 Å². The normalized spacial score (nSPS) is 28.7. The summed E-state index contributed by atoms with van der Waals surface area (Å²) in [4.78, 5) is 0. The first-order valence-electron chi connectivity index (χ1n) is 7.52. The van der Waals surface area contributed by atoms with Crippen molar-refractivity contribution in [1.82, 2.24) is 14.8 Å². The number of fused-ring (bicyclic) bond motifs is 1. The number of nitrogens with two attached hydrogens (primary N) is 1. The third-order valence-corrected chi connectivity index (χ3v) is 4.68. The van der Waals surface area contributed by atoms with Crippen molar-refractivity contribution in [1.29, 1.82) is 0 Å². The predicted octanol–water partition coefficient (Wildman–Crippen LogP) is 2.24. The molecule has 4 heteroatoms. The van der Waals surface area contributed by atoms with Gasteiger partial charge < -0.3 is 10.3 Å². The molecule has 2 heterocycles. The van der Waals surface area contributed by atoms with Crippen molar-refractivity contribution in [2.45, 2.75) is 63.8 Å². The molecule has 1 aromatic rings. The number of hydrogen-bond acceptors (Lipinski definition) is 3. The number of nitrogens with zero attached hydrogens (tertiary/aromatic N) is 3. The molecule has 0 amide bonds. The van der Waals surface area contributed by atoms with Crippen molar-refractivity contribution in [3.8, 4) is 0 Å². The van der Waals surface area contributed by atoms with Crippen LogP contribution in [-0.4, -0.2) is 21.3 Å². The zero-order valence-electron chi connectivity index (χ0n) is 11.1. The third kappa shape index (κ3) is 2.18. The molecule has 1 saturated carbocycles. The first-order chi connectivity index (χ1) is 8.90. The molecule has 4 nitrogen and oxygen atoms in total. The van der Waals surface area contributed by atoms with Gasteiger partial charge in [0.25, 0.3) is 0 Å². The van der Waals surface area contributed by atoms with Crippen molar-refractivity contribution in [2.24, 2.45) is 11.7 Å². The Balaban J connectivity index is 1.88. The van der Waals surface area contributed by atoms with Gasteiger partial charge in [0.2, 0.25) is 0 Å². The molecule has 1 fully saturated rings. The van der Waals surface area contributed by atoms with E-state index in [1.165, 1.54) is 56.6 Å². The second-order valence-corrected chi connectivity index (χ2v) is 5.82. The van der Waals surface area contributed by atoms with Crippen molar-refractivity contribution in [3.63, 3.8) is 0 Å². The molecule has 0 saturated heterocycles. The van der Waals surface area contributed by atoms with E-state index in [0.717, 1.165) is 19.5 Å². The fraction of sp³-hybridized carbons (Fsp3) is 0.857. The van der Waals surface area contributed by atoms with E-state index < -0.39 is 0 Å². The Bertz CT molecular complexity index is 398.